The summed E-state index contributed by atoms with van der Waals surface area (Å²) in [5.74, 6) is 3.36. The first-order valence-electron chi connectivity index (χ1n) is 19.3. The van der Waals surface area contributed by atoms with Gasteiger partial charge in [0.2, 0.25) is 0 Å². The lowest BCUT2D eigenvalue weighted by atomic mass is 9.94. The number of benzene rings is 3. The average Bonchev–Trinajstić information content (AvgIpc) is 3.73. The maximum Gasteiger partial charge on any atom is 0.186 e. The third-order valence-corrected chi connectivity index (χ3v) is 9.34. The summed E-state index contributed by atoms with van der Waals surface area (Å²) < 4.78 is 26.0. The Morgan fingerprint density at radius 2 is 1.12 bits per heavy atom. The van der Waals surface area contributed by atoms with Crippen LogP contribution in [0.25, 0.3) is 46.4 Å². The summed E-state index contributed by atoms with van der Waals surface area (Å²) in [7, 11) is 0. The molecule has 0 saturated heterocycles. The smallest absolute Gasteiger partial charge is 0.186 e. The molecule has 0 spiro atoms. The normalized spacial score (nSPS) is 11.6. The fraction of sp³-hybridized carbons (Fsp3) is 0.395. The van der Waals surface area contributed by atoms with Crippen LogP contribution in [0.4, 0.5) is 0 Å². The van der Waals surface area contributed by atoms with E-state index >= 15 is 0 Å². The van der Waals surface area contributed by atoms with Crippen LogP contribution < -0.4 is 24.2 Å². The number of aromatic hydroxyl groups is 2. The molecule has 13 nitrogen and oxygen atoms in total. The van der Waals surface area contributed by atoms with Crippen molar-refractivity contribution in [1.82, 2.24) is 34.8 Å². The van der Waals surface area contributed by atoms with Crippen molar-refractivity contribution in [2.24, 2.45) is 0 Å². The Bertz CT molecular complexity index is 2330. The molecule has 6 aromatic rings. The lowest BCUT2D eigenvalue weighted by Gasteiger charge is -2.22. The van der Waals surface area contributed by atoms with Gasteiger partial charge in [0.25, 0.3) is 0 Å². The molecule has 6 rings (SSSR count). The van der Waals surface area contributed by atoms with Gasteiger partial charge in [0, 0.05) is 23.4 Å². The van der Waals surface area contributed by atoms with Crippen LogP contribution in [0.5, 0.6) is 34.5 Å². The highest BCUT2D eigenvalue weighted by Gasteiger charge is 2.30. The van der Waals surface area contributed by atoms with Crippen LogP contribution in [0, 0.1) is 6.92 Å². The van der Waals surface area contributed by atoms with Crippen LogP contribution in [-0.4, -0.2) is 71.4 Å². The van der Waals surface area contributed by atoms with E-state index < -0.39 is 5.41 Å². The molecule has 0 aliphatic rings. The molecule has 3 aromatic heterocycles. The molecule has 0 aliphatic carbocycles. The molecule has 0 amide bonds. The van der Waals surface area contributed by atoms with Gasteiger partial charge in [-0.3, -0.25) is 0 Å². The summed E-state index contributed by atoms with van der Waals surface area (Å²) >= 11 is 0. The molecule has 3 aromatic carbocycles. The zero-order chi connectivity index (χ0) is 39.8. The van der Waals surface area contributed by atoms with Crippen molar-refractivity contribution in [1.29, 1.82) is 0 Å². The van der Waals surface area contributed by atoms with E-state index in [4.69, 9.17) is 33.9 Å². The van der Waals surface area contributed by atoms with E-state index in [1.54, 1.807) is 34.8 Å². The molecule has 3 heterocycles. The molecule has 294 valence electrons. The molecular weight excluding hydrogens is 711 g/mol. The minimum Gasteiger partial charge on any atom is -0.507 e. The average molecular weight is 762 g/mol. The second-order valence-corrected chi connectivity index (χ2v) is 14.4. The third-order valence-electron chi connectivity index (χ3n) is 9.34. The van der Waals surface area contributed by atoms with Gasteiger partial charge in [-0.15, -0.1) is 10.2 Å². The molecular formula is C43H51N7O6. The Morgan fingerprint density at radius 1 is 0.643 bits per heavy atom. The van der Waals surface area contributed by atoms with E-state index in [-0.39, 0.29) is 29.8 Å². The van der Waals surface area contributed by atoms with Crippen LogP contribution in [-0.2, 0) is 5.41 Å². The Hall–Kier alpha value is -5.98. The highest BCUT2D eigenvalue weighted by atomic mass is 16.5. The summed E-state index contributed by atoms with van der Waals surface area (Å²) in [6.45, 7) is 18.1. The quantitative estimate of drug-likeness (QED) is 0.0766. The number of ether oxygens (including phenoxy) is 4. The van der Waals surface area contributed by atoms with Crippen molar-refractivity contribution < 1.29 is 29.2 Å². The predicted molar refractivity (Wildman–Crippen MR) is 215 cm³/mol. The molecule has 13 heteroatoms. The van der Waals surface area contributed by atoms with E-state index in [0.717, 1.165) is 49.4 Å². The Balaban J connectivity index is 1.36. The molecule has 0 saturated carbocycles. The highest BCUT2D eigenvalue weighted by molar-refractivity contribution is 5.74. The number of hydrogen-bond donors (Lipinski definition) is 2. The number of fused-ring (bicyclic) bond motifs is 1. The van der Waals surface area contributed by atoms with E-state index in [2.05, 4.69) is 42.6 Å². The summed E-state index contributed by atoms with van der Waals surface area (Å²) in [6, 6.07) is 15.6. The number of aryl methyl sites for hydroxylation is 1. The van der Waals surface area contributed by atoms with Crippen molar-refractivity contribution in [3.8, 4) is 68.7 Å². The van der Waals surface area contributed by atoms with Gasteiger partial charge in [0.1, 0.15) is 41.1 Å². The van der Waals surface area contributed by atoms with Gasteiger partial charge >= 0.3 is 0 Å². The first-order chi connectivity index (χ1) is 27.0. The Morgan fingerprint density at radius 3 is 1.66 bits per heavy atom. The van der Waals surface area contributed by atoms with Crippen molar-refractivity contribution in [2.75, 3.05) is 26.4 Å². The largest absolute Gasteiger partial charge is 0.507 e. The van der Waals surface area contributed by atoms with Gasteiger partial charge in [-0.05, 0) is 76.4 Å². The number of hydrogen-bond acceptors (Lipinski definition) is 12. The molecule has 0 bridgehead atoms. The minimum atomic E-state index is -0.585. The van der Waals surface area contributed by atoms with E-state index in [1.807, 2.05) is 39.0 Å². The van der Waals surface area contributed by atoms with Gasteiger partial charge in [0.05, 0.1) is 47.6 Å². The Labute approximate surface area is 327 Å². The third kappa shape index (κ3) is 8.93. The fourth-order valence-corrected chi connectivity index (χ4v) is 5.89. The van der Waals surface area contributed by atoms with Crippen molar-refractivity contribution in [3.63, 3.8) is 0 Å². The predicted octanol–water partition coefficient (Wildman–Crippen LogP) is 8.05. The highest BCUT2D eigenvalue weighted by Crippen LogP contribution is 2.38. The standard InChI is InChI=1S/C43H51N7O6/c1-8-11-20-53-29-14-17-32(35(51)23-29)38-44-39(46-40(45-38)34-19-16-31(54-21-12-9-2)25-37(34)55-22-13-10-3)33-18-15-30(24-36(33)52)56-26-43(6,7)42-48-47-41-27(4)28(5)49-50(41)42/h14-19,23-25,51-52H,4,8-13,20-22,26H2,1-3,5-7H3. The van der Waals surface area contributed by atoms with Gasteiger partial charge in [-0.1, -0.05) is 46.6 Å². The van der Waals surface area contributed by atoms with Crippen LogP contribution in [0.2, 0.25) is 0 Å². The lowest BCUT2D eigenvalue weighted by molar-refractivity contribution is 0.230. The second-order valence-electron chi connectivity index (χ2n) is 14.4. The van der Waals surface area contributed by atoms with Gasteiger partial charge < -0.3 is 29.2 Å². The van der Waals surface area contributed by atoms with Crippen molar-refractivity contribution in [2.45, 2.75) is 85.5 Å². The van der Waals surface area contributed by atoms with Crippen LogP contribution >= 0.6 is 0 Å². The van der Waals surface area contributed by atoms with Crippen LogP contribution in [0.15, 0.2) is 54.6 Å². The van der Waals surface area contributed by atoms with Crippen LogP contribution in [0.3, 0.4) is 0 Å². The summed E-state index contributed by atoms with van der Waals surface area (Å²) in [5, 5.41) is 36.6. The number of phenolic OH excluding ortho intramolecular Hbond substituents is 2. The van der Waals surface area contributed by atoms with E-state index in [1.165, 1.54) is 6.07 Å². The summed E-state index contributed by atoms with van der Waals surface area (Å²) in [6.07, 6.45) is 5.66. The number of rotatable bonds is 19. The number of unbranched alkanes of at least 4 members (excludes halogenated alkanes) is 3. The minimum absolute atomic E-state index is 0.0553. The van der Waals surface area contributed by atoms with Gasteiger partial charge in [0.15, 0.2) is 28.9 Å². The fourth-order valence-electron chi connectivity index (χ4n) is 5.89. The zero-order valence-corrected chi connectivity index (χ0v) is 33.1. The first-order valence-corrected chi connectivity index (χ1v) is 19.3. The molecule has 0 atom stereocenters. The number of phenols is 2. The van der Waals surface area contributed by atoms with Crippen molar-refractivity contribution >= 4 is 12.2 Å². The molecule has 2 N–H and O–H groups in total. The van der Waals surface area contributed by atoms with Gasteiger partial charge in [-0.25, -0.2) is 15.0 Å². The topological polar surface area (TPSA) is 159 Å². The SMILES string of the molecule is C=c1c(C)nn2c(C(C)(C)COc3ccc(-c4nc(-c5ccc(OCCCC)cc5O)nc(-c5ccc(OCCCC)cc5OCCCC)n4)c(O)c3)nnc12. The molecule has 0 aliphatic heterocycles. The maximum atomic E-state index is 11.5. The first kappa shape index (κ1) is 39.7. The summed E-state index contributed by atoms with van der Waals surface area (Å²) in [5.41, 5.74) is 2.14. The van der Waals surface area contributed by atoms with E-state index in [9.17, 15) is 10.2 Å². The number of nitrogens with zero attached hydrogens (tertiary/aromatic N) is 7. The molecule has 0 unspecified atom stereocenters. The second kappa shape index (κ2) is 17.7. The van der Waals surface area contributed by atoms with Crippen molar-refractivity contribution in [3.05, 3.63) is 71.3 Å². The molecule has 0 radical (unpaired) electrons. The molecule has 0 fully saturated rings. The van der Waals surface area contributed by atoms with E-state index in [0.29, 0.717) is 76.8 Å². The van der Waals surface area contributed by atoms with Gasteiger partial charge in [-0.2, -0.15) is 9.61 Å². The maximum absolute atomic E-state index is 11.5. The van der Waals surface area contributed by atoms with Crippen LogP contribution in [0.1, 0.15) is 84.7 Å². The Kier molecular flexibility index (Phi) is 12.5. The lowest BCUT2D eigenvalue weighted by Crippen LogP contribution is -2.29. The molecule has 56 heavy (non-hydrogen) atoms. The monoisotopic (exact) mass is 761 g/mol. The summed E-state index contributed by atoms with van der Waals surface area (Å²) in [4.78, 5) is 14.5. The number of aromatic nitrogens is 7. The zero-order valence-electron chi connectivity index (χ0n) is 33.1.